The van der Waals surface area contributed by atoms with E-state index >= 15 is 0 Å². The normalized spacial score (nSPS) is 18.8. The first-order chi connectivity index (χ1) is 9.66. The maximum absolute atomic E-state index is 10.5. The molecule has 2 rings (SSSR count). The molecule has 1 aromatic rings. The molecule has 1 heterocycles. The summed E-state index contributed by atoms with van der Waals surface area (Å²) in [6.45, 7) is 4.13. The SMILES string of the molecule is CC(CCNCC1CSc2ccccc21)CCC(=O)O. The standard InChI is InChI=1S/C16H23NO2S/c1-12(6-7-16(18)19)8-9-17-10-13-11-20-15-5-3-2-4-14(13)15/h2-5,12-13,17H,6-11H2,1H3,(H,18,19). The smallest absolute Gasteiger partial charge is 0.303 e. The number of thioether (sulfide) groups is 1. The van der Waals surface area contributed by atoms with E-state index in [9.17, 15) is 4.79 Å². The average Bonchev–Trinajstić information content (AvgIpc) is 2.85. The highest BCUT2D eigenvalue weighted by atomic mass is 32.2. The van der Waals surface area contributed by atoms with E-state index in [4.69, 9.17) is 5.11 Å². The molecule has 2 atom stereocenters. The van der Waals surface area contributed by atoms with E-state index in [1.807, 2.05) is 11.8 Å². The summed E-state index contributed by atoms with van der Waals surface area (Å²) < 4.78 is 0. The fraction of sp³-hybridized carbons (Fsp3) is 0.562. The monoisotopic (exact) mass is 293 g/mol. The molecule has 20 heavy (non-hydrogen) atoms. The number of benzene rings is 1. The number of hydrogen-bond donors (Lipinski definition) is 2. The van der Waals surface area contributed by atoms with E-state index in [0.717, 1.165) is 25.9 Å². The van der Waals surface area contributed by atoms with Crippen LogP contribution in [0.4, 0.5) is 0 Å². The summed E-state index contributed by atoms with van der Waals surface area (Å²) in [7, 11) is 0. The molecule has 0 saturated carbocycles. The number of fused-ring (bicyclic) bond motifs is 1. The van der Waals surface area contributed by atoms with Crippen LogP contribution in [-0.4, -0.2) is 29.9 Å². The van der Waals surface area contributed by atoms with Gasteiger partial charge in [0.1, 0.15) is 0 Å². The van der Waals surface area contributed by atoms with Gasteiger partial charge in [-0.15, -0.1) is 11.8 Å². The van der Waals surface area contributed by atoms with Crippen LogP contribution in [0.25, 0.3) is 0 Å². The molecule has 4 heteroatoms. The van der Waals surface area contributed by atoms with Gasteiger partial charge in [0.05, 0.1) is 0 Å². The summed E-state index contributed by atoms with van der Waals surface area (Å²) in [4.78, 5) is 11.9. The van der Waals surface area contributed by atoms with E-state index in [1.54, 1.807) is 0 Å². The van der Waals surface area contributed by atoms with Gasteiger partial charge >= 0.3 is 5.97 Å². The number of rotatable bonds is 8. The summed E-state index contributed by atoms with van der Waals surface area (Å²) >= 11 is 1.95. The molecule has 3 nitrogen and oxygen atoms in total. The Morgan fingerprint density at radius 1 is 1.45 bits per heavy atom. The lowest BCUT2D eigenvalue weighted by Gasteiger charge is -2.14. The summed E-state index contributed by atoms with van der Waals surface area (Å²) in [6.07, 6.45) is 2.11. The molecule has 0 bridgehead atoms. The molecule has 0 amide bonds. The predicted molar refractivity (Wildman–Crippen MR) is 83.4 cm³/mol. The molecule has 0 aromatic heterocycles. The number of aliphatic carboxylic acids is 1. The maximum atomic E-state index is 10.5. The molecule has 110 valence electrons. The van der Waals surface area contributed by atoms with E-state index < -0.39 is 5.97 Å². The highest BCUT2D eigenvalue weighted by Crippen LogP contribution is 2.38. The summed E-state index contributed by atoms with van der Waals surface area (Å²) in [5, 5.41) is 12.2. The molecule has 0 saturated heterocycles. The van der Waals surface area contributed by atoms with Crippen molar-refractivity contribution >= 4 is 17.7 Å². The largest absolute Gasteiger partial charge is 0.481 e. The van der Waals surface area contributed by atoms with Crippen LogP contribution in [0.15, 0.2) is 29.2 Å². The van der Waals surface area contributed by atoms with Crippen molar-refractivity contribution < 1.29 is 9.90 Å². The number of carboxylic acid groups (broad SMARTS) is 1. The van der Waals surface area contributed by atoms with Crippen molar-refractivity contribution in [2.45, 2.75) is 37.0 Å². The van der Waals surface area contributed by atoms with E-state index in [0.29, 0.717) is 11.8 Å². The third-order valence-corrected chi connectivity index (χ3v) is 5.11. The molecule has 2 unspecified atom stereocenters. The van der Waals surface area contributed by atoms with Gasteiger partial charge in [-0.1, -0.05) is 25.1 Å². The fourth-order valence-corrected chi connectivity index (χ4v) is 3.79. The fourth-order valence-electron chi connectivity index (χ4n) is 2.54. The molecular formula is C16H23NO2S. The Balaban J connectivity index is 1.64. The van der Waals surface area contributed by atoms with Crippen molar-refractivity contribution in [2.75, 3.05) is 18.8 Å². The van der Waals surface area contributed by atoms with Crippen molar-refractivity contribution in [3.8, 4) is 0 Å². The lowest BCUT2D eigenvalue weighted by molar-refractivity contribution is -0.137. The zero-order valence-corrected chi connectivity index (χ0v) is 12.8. The highest BCUT2D eigenvalue weighted by molar-refractivity contribution is 7.99. The summed E-state index contributed by atoms with van der Waals surface area (Å²) in [5.41, 5.74) is 1.48. The van der Waals surface area contributed by atoms with E-state index in [1.165, 1.54) is 16.2 Å². The number of carbonyl (C=O) groups is 1. The third kappa shape index (κ3) is 4.53. The van der Waals surface area contributed by atoms with Crippen LogP contribution in [0.3, 0.4) is 0 Å². The maximum Gasteiger partial charge on any atom is 0.303 e. The average molecular weight is 293 g/mol. The van der Waals surface area contributed by atoms with Gasteiger partial charge in [0, 0.05) is 29.5 Å². The van der Waals surface area contributed by atoms with Gasteiger partial charge in [0.25, 0.3) is 0 Å². The second kappa shape index (κ2) is 7.70. The Bertz CT molecular complexity index is 450. The van der Waals surface area contributed by atoms with Crippen LogP contribution in [-0.2, 0) is 4.79 Å². The molecule has 0 spiro atoms. The molecule has 0 radical (unpaired) electrons. The van der Waals surface area contributed by atoms with Gasteiger partial charge in [-0.2, -0.15) is 0 Å². The van der Waals surface area contributed by atoms with Gasteiger partial charge in [-0.25, -0.2) is 0 Å². The van der Waals surface area contributed by atoms with Crippen LogP contribution in [0, 0.1) is 5.92 Å². The molecule has 1 aromatic carbocycles. The minimum atomic E-state index is -0.690. The Morgan fingerprint density at radius 3 is 3.05 bits per heavy atom. The molecular weight excluding hydrogens is 270 g/mol. The van der Waals surface area contributed by atoms with E-state index in [-0.39, 0.29) is 6.42 Å². The molecule has 1 aliphatic rings. The van der Waals surface area contributed by atoms with Gasteiger partial charge in [0.2, 0.25) is 0 Å². The second-order valence-electron chi connectivity index (χ2n) is 5.58. The van der Waals surface area contributed by atoms with Gasteiger partial charge < -0.3 is 10.4 Å². The van der Waals surface area contributed by atoms with Crippen LogP contribution in [0.2, 0.25) is 0 Å². The molecule has 1 aliphatic heterocycles. The first kappa shape index (κ1) is 15.4. The molecule has 0 fully saturated rings. The van der Waals surface area contributed by atoms with Crippen molar-refractivity contribution in [3.05, 3.63) is 29.8 Å². The van der Waals surface area contributed by atoms with Crippen LogP contribution in [0.1, 0.15) is 37.7 Å². The van der Waals surface area contributed by atoms with Crippen LogP contribution >= 0.6 is 11.8 Å². The summed E-state index contributed by atoms with van der Waals surface area (Å²) in [5.74, 6) is 1.57. The Kier molecular flexibility index (Phi) is 5.92. The third-order valence-electron chi connectivity index (χ3n) is 3.85. The van der Waals surface area contributed by atoms with Crippen molar-refractivity contribution in [2.24, 2.45) is 5.92 Å². The quantitative estimate of drug-likeness (QED) is 0.722. The second-order valence-corrected chi connectivity index (χ2v) is 6.64. The van der Waals surface area contributed by atoms with Crippen LogP contribution in [0.5, 0.6) is 0 Å². The van der Waals surface area contributed by atoms with Crippen molar-refractivity contribution in [1.82, 2.24) is 5.32 Å². The Hall–Kier alpha value is -1.00. The number of hydrogen-bond acceptors (Lipinski definition) is 3. The van der Waals surface area contributed by atoms with Crippen molar-refractivity contribution in [3.63, 3.8) is 0 Å². The predicted octanol–water partition coefficient (Wildman–Crippen LogP) is 3.36. The minimum Gasteiger partial charge on any atom is -0.481 e. The lowest BCUT2D eigenvalue weighted by atomic mass is 10.00. The Labute approximate surface area is 125 Å². The number of carboxylic acids is 1. The zero-order valence-electron chi connectivity index (χ0n) is 12.0. The minimum absolute atomic E-state index is 0.286. The number of nitrogens with one attached hydrogen (secondary N) is 1. The Morgan fingerprint density at radius 2 is 2.25 bits per heavy atom. The van der Waals surface area contributed by atoms with Gasteiger partial charge in [-0.05, 0) is 36.9 Å². The lowest BCUT2D eigenvalue weighted by Crippen LogP contribution is -2.24. The summed E-state index contributed by atoms with van der Waals surface area (Å²) in [6, 6.07) is 8.66. The highest BCUT2D eigenvalue weighted by Gasteiger charge is 2.21. The van der Waals surface area contributed by atoms with Gasteiger partial charge in [-0.3, -0.25) is 4.79 Å². The topological polar surface area (TPSA) is 49.3 Å². The van der Waals surface area contributed by atoms with E-state index in [2.05, 4.69) is 36.5 Å². The van der Waals surface area contributed by atoms with Gasteiger partial charge in [0.15, 0.2) is 0 Å². The van der Waals surface area contributed by atoms with Crippen LogP contribution < -0.4 is 5.32 Å². The molecule has 2 N–H and O–H groups in total. The molecule has 0 aliphatic carbocycles. The van der Waals surface area contributed by atoms with Crippen molar-refractivity contribution in [1.29, 1.82) is 0 Å². The zero-order chi connectivity index (χ0) is 14.4. The first-order valence-electron chi connectivity index (χ1n) is 7.31. The first-order valence-corrected chi connectivity index (χ1v) is 8.29.